The first-order valence-corrected chi connectivity index (χ1v) is 7.47. The molecule has 0 aromatic heterocycles. The summed E-state index contributed by atoms with van der Waals surface area (Å²) in [6.07, 6.45) is 0. The van der Waals surface area contributed by atoms with E-state index in [0.29, 0.717) is 24.7 Å². The van der Waals surface area contributed by atoms with Crippen LogP contribution >= 0.6 is 0 Å². The molecular formula is C18H21NO4. The molecule has 0 saturated carbocycles. The number of nitrogens with one attached hydrogen (secondary N) is 1. The fourth-order valence-electron chi connectivity index (χ4n) is 2.03. The Bertz CT molecular complexity index is 642. The number of hydrogen-bond acceptors (Lipinski definition) is 4. The highest BCUT2D eigenvalue weighted by Crippen LogP contribution is 2.19. The number of amides is 1. The van der Waals surface area contributed by atoms with Crippen LogP contribution in [0.25, 0.3) is 0 Å². The van der Waals surface area contributed by atoms with Crippen molar-refractivity contribution in [3.8, 4) is 17.2 Å². The van der Waals surface area contributed by atoms with Crippen molar-refractivity contribution in [3.05, 3.63) is 54.1 Å². The van der Waals surface area contributed by atoms with Gasteiger partial charge in [-0.1, -0.05) is 24.3 Å². The number of benzene rings is 2. The summed E-state index contributed by atoms with van der Waals surface area (Å²) in [4.78, 5) is 11.9. The highest BCUT2D eigenvalue weighted by atomic mass is 16.5. The lowest BCUT2D eigenvalue weighted by atomic mass is 10.2. The molecule has 0 aliphatic heterocycles. The van der Waals surface area contributed by atoms with Gasteiger partial charge in [-0.15, -0.1) is 0 Å². The lowest BCUT2D eigenvalue weighted by molar-refractivity contribution is -0.123. The molecule has 0 bridgehead atoms. The fourth-order valence-corrected chi connectivity index (χ4v) is 2.03. The maximum Gasteiger partial charge on any atom is 0.258 e. The third-order valence-corrected chi connectivity index (χ3v) is 3.16. The summed E-state index contributed by atoms with van der Waals surface area (Å²) in [6.45, 7) is 2.86. The maximum atomic E-state index is 11.9. The van der Waals surface area contributed by atoms with Crippen molar-refractivity contribution in [2.45, 2.75) is 13.5 Å². The van der Waals surface area contributed by atoms with Gasteiger partial charge in [-0.3, -0.25) is 4.79 Å². The van der Waals surface area contributed by atoms with Crippen LogP contribution in [0.5, 0.6) is 17.2 Å². The summed E-state index contributed by atoms with van der Waals surface area (Å²) in [5.74, 6) is 1.87. The molecule has 0 atom stereocenters. The average Bonchev–Trinajstić information content (AvgIpc) is 2.59. The summed E-state index contributed by atoms with van der Waals surface area (Å²) in [5, 5.41) is 2.82. The molecule has 0 unspecified atom stereocenters. The highest BCUT2D eigenvalue weighted by Gasteiger charge is 2.06. The van der Waals surface area contributed by atoms with Crippen LogP contribution in [0.1, 0.15) is 12.5 Å². The highest BCUT2D eigenvalue weighted by molar-refractivity contribution is 5.77. The minimum Gasteiger partial charge on any atom is -0.497 e. The van der Waals surface area contributed by atoms with Crippen LogP contribution in [-0.2, 0) is 11.3 Å². The molecule has 2 aromatic rings. The normalized spacial score (nSPS) is 10.0. The average molecular weight is 315 g/mol. The molecule has 5 nitrogen and oxygen atoms in total. The van der Waals surface area contributed by atoms with E-state index in [9.17, 15) is 4.79 Å². The number of methoxy groups -OCH3 is 1. The zero-order chi connectivity index (χ0) is 16.5. The monoisotopic (exact) mass is 315 g/mol. The summed E-state index contributed by atoms with van der Waals surface area (Å²) in [7, 11) is 1.58. The van der Waals surface area contributed by atoms with E-state index in [1.165, 1.54) is 0 Å². The van der Waals surface area contributed by atoms with E-state index in [1.54, 1.807) is 19.2 Å². The molecule has 2 rings (SSSR count). The van der Waals surface area contributed by atoms with Crippen LogP contribution in [0.2, 0.25) is 0 Å². The molecule has 23 heavy (non-hydrogen) atoms. The van der Waals surface area contributed by atoms with Crippen LogP contribution < -0.4 is 19.5 Å². The predicted molar refractivity (Wildman–Crippen MR) is 87.9 cm³/mol. The van der Waals surface area contributed by atoms with E-state index in [4.69, 9.17) is 14.2 Å². The van der Waals surface area contributed by atoms with E-state index >= 15 is 0 Å². The van der Waals surface area contributed by atoms with Gasteiger partial charge in [0.1, 0.15) is 17.2 Å². The SMILES string of the molecule is CCOc1ccccc1CNC(=O)COc1cccc(OC)c1. The second kappa shape index (κ2) is 8.68. The van der Waals surface area contributed by atoms with E-state index in [-0.39, 0.29) is 12.5 Å². The quantitative estimate of drug-likeness (QED) is 0.814. The minimum absolute atomic E-state index is 0.0516. The molecule has 0 spiro atoms. The van der Waals surface area contributed by atoms with Crippen molar-refractivity contribution in [3.63, 3.8) is 0 Å². The first-order chi connectivity index (χ1) is 11.2. The second-order valence-corrected chi connectivity index (χ2v) is 4.79. The smallest absolute Gasteiger partial charge is 0.258 e. The molecule has 2 aromatic carbocycles. The molecule has 1 amide bonds. The minimum atomic E-state index is -0.195. The van der Waals surface area contributed by atoms with E-state index in [1.807, 2.05) is 43.3 Å². The molecule has 0 radical (unpaired) electrons. The van der Waals surface area contributed by atoms with Crippen molar-refractivity contribution < 1.29 is 19.0 Å². The Labute approximate surface area is 136 Å². The van der Waals surface area contributed by atoms with E-state index < -0.39 is 0 Å². The third kappa shape index (κ3) is 5.21. The van der Waals surface area contributed by atoms with Crippen molar-refractivity contribution in [1.29, 1.82) is 0 Å². The lowest BCUT2D eigenvalue weighted by Gasteiger charge is -2.11. The summed E-state index contributed by atoms with van der Waals surface area (Å²) in [5.41, 5.74) is 0.934. The zero-order valence-corrected chi connectivity index (χ0v) is 13.4. The Morgan fingerprint density at radius 1 is 1.04 bits per heavy atom. The largest absolute Gasteiger partial charge is 0.497 e. The van der Waals surface area contributed by atoms with Gasteiger partial charge < -0.3 is 19.5 Å². The van der Waals surface area contributed by atoms with Gasteiger partial charge in [0.15, 0.2) is 6.61 Å². The van der Waals surface area contributed by atoms with Gasteiger partial charge in [-0.2, -0.15) is 0 Å². The van der Waals surface area contributed by atoms with Crippen LogP contribution in [-0.4, -0.2) is 26.2 Å². The van der Waals surface area contributed by atoms with E-state index in [0.717, 1.165) is 11.3 Å². The zero-order valence-electron chi connectivity index (χ0n) is 13.4. The number of carbonyl (C=O) groups excluding carboxylic acids is 1. The van der Waals surface area contributed by atoms with Crippen molar-refractivity contribution in [2.24, 2.45) is 0 Å². The van der Waals surface area contributed by atoms with Crippen molar-refractivity contribution in [1.82, 2.24) is 5.32 Å². The fraction of sp³-hybridized carbons (Fsp3) is 0.278. The first-order valence-electron chi connectivity index (χ1n) is 7.47. The van der Waals surface area contributed by atoms with Gasteiger partial charge in [0.05, 0.1) is 13.7 Å². The standard InChI is InChI=1S/C18H21NO4/c1-3-22-17-10-5-4-7-14(17)12-19-18(20)13-23-16-9-6-8-15(11-16)21-2/h4-11H,3,12-13H2,1-2H3,(H,19,20). The Balaban J connectivity index is 1.83. The van der Waals surface area contributed by atoms with Crippen LogP contribution in [0, 0.1) is 0 Å². The molecular weight excluding hydrogens is 294 g/mol. The van der Waals surface area contributed by atoms with Gasteiger partial charge in [-0.05, 0) is 25.1 Å². The van der Waals surface area contributed by atoms with Gasteiger partial charge in [0.25, 0.3) is 5.91 Å². The molecule has 0 aliphatic rings. The van der Waals surface area contributed by atoms with Crippen LogP contribution in [0.15, 0.2) is 48.5 Å². The third-order valence-electron chi connectivity index (χ3n) is 3.16. The topological polar surface area (TPSA) is 56.8 Å². The maximum absolute atomic E-state index is 11.9. The summed E-state index contributed by atoms with van der Waals surface area (Å²) in [6, 6.07) is 14.8. The van der Waals surface area contributed by atoms with Gasteiger partial charge in [0, 0.05) is 18.2 Å². The summed E-state index contributed by atoms with van der Waals surface area (Å²) < 4.78 is 16.1. The molecule has 0 heterocycles. The van der Waals surface area contributed by atoms with Crippen molar-refractivity contribution in [2.75, 3.05) is 20.3 Å². The number of carbonyl (C=O) groups is 1. The number of ether oxygens (including phenoxy) is 3. The number of rotatable bonds is 8. The molecule has 1 N–H and O–H groups in total. The van der Waals surface area contributed by atoms with Gasteiger partial charge in [0.2, 0.25) is 0 Å². The van der Waals surface area contributed by atoms with Crippen LogP contribution in [0.4, 0.5) is 0 Å². The molecule has 122 valence electrons. The predicted octanol–water partition coefficient (Wildman–Crippen LogP) is 2.79. The van der Waals surface area contributed by atoms with Gasteiger partial charge >= 0.3 is 0 Å². The molecule has 0 fully saturated rings. The lowest BCUT2D eigenvalue weighted by Crippen LogP contribution is -2.28. The second-order valence-electron chi connectivity index (χ2n) is 4.79. The number of hydrogen-bond donors (Lipinski definition) is 1. The summed E-state index contributed by atoms with van der Waals surface area (Å²) >= 11 is 0. The Morgan fingerprint density at radius 3 is 2.61 bits per heavy atom. The Kier molecular flexibility index (Phi) is 6.29. The Hall–Kier alpha value is -2.69. The first kappa shape index (κ1) is 16.7. The van der Waals surface area contributed by atoms with Gasteiger partial charge in [-0.25, -0.2) is 0 Å². The molecule has 5 heteroatoms. The Morgan fingerprint density at radius 2 is 1.83 bits per heavy atom. The van der Waals surface area contributed by atoms with Crippen molar-refractivity contribution >= 4 is 5.91 Å². The van der Waals surface area contributed by atoms with E-state index in [2.05, 4.69) is 5.32 Å². The molecule has 0 saturated heterocycles. The van der Waals surface area contributed by atoms with Crippen LogP contribution in [0.3, 0.4) is 0 Å². The number of para-hydroxylation sites is 1. The molecule has 0 aliphatic carbocycles.